The van der Waals surface area contributed by atoms with Crippen molar-refractivity contribution in [2.75, 3.05) is 0 Å². The van der Waals surface area contributed by atoms with Gasteiger partial charge < -0.3 is 5.11 Å². The molecule has 6 nitrogen and oxygen atoms in total. The molecule has 2 rings (SSSR count). The zero-order chi connectivity index (χ0) is 11.7. The lowest BCUT2D eigenvalue weighted by Crippen LogP contribution is -2.10. The second-order valence-corrected chi connectivity index (χ2v) is 3.85. The Kier molecular flexibility index (Phi) is 2.84. The topological polar surface area (TPSA) is 72.9 Å². The van der Waals surface area contributed by atoms with Crippen LogP contribution >= 0.6 is 23.2 Å². The molecule has 0 bridgehead atoms. The van der Waals surface area contributed by atoms with Crippen molar-refractivity contribution in [3.05, 3.63) is 34.3 Å². The number of hydrogen-bond acceptors (Lipinski definition) is 3. The molecule has 2 aromatic heterocycles. The van der Waals surface area contributed by atoms with Crippen LogP contribution in [0.15, 0.2) is 18.6 Å². The van der Waals surface area contributed by atoms with Crippen LogP contribution in [0.1, 0.15) is 10.5 Å². The van der Waals surface area contributed by atoms with Crippen LogP contribution in [0.25, 0.3) is 0 Å². The summed E-state index contributed by atoms with van der Waals surface area (Å²) in [6.45, 7) is 0.250. The summed E-state index contributed by atoms with van der Waals surface area (Å²) in [5.74, 6) is -1.16. The number of rotatable bonds is 3. The molecule has 0 atom stereocenters. The van der Waals surface area contributed by atoms with Crippen molar-refractivity contribution in [2.45, 2.75) is 6.67 Å². The third kappa shape index (κ3) is 2.17. The summed E-state index contributed by atoms with van der Waals surface area (Å²) in [7, 11) is 0. The van der Waals surface area contributed by atoms with Crippen molar-refractivity contribution in [1.82, 2.24) is 19.6 Å². The van der Waals surface area contributed by atoms with Crippen molar-refractivity contribution in [3.8, 4) is 0 Å². The van der Waals surface area contributed by atoms with Gasteiger partial charge in [0.25, 0.3) is 0 Å². The van der Waals surface area contributed by atoms with Crippen LogP contribution in [-0.2, 0) is 6.67 Å². The van der Waals surface area contributed by atoms with Gasteiger partial charge in [0.05, 0.1) is 16.2 Å². The van der Waals surface area contributed by atoms with Gasteiger partial charge in [-0.3, -0.25) is 0 Å². The van der Waals surface area contributed by atoms with Crippen LogP contribution in [0.3, 0.4) is 0 Å². The highest BCUT2D eigenvalue weighted by Gasteiger charge is 2.14. The van der Waals surface area contributed by atoms with Crippen LogP contribution in [0.2, 0.25) is 10.0 Å². The molecule has 16 heavy (non-hydrogen) atoms. The zero-order valence-corrected chi connectivity index (χ0v) is 9.35. The zero-order valence-electron chi connectivity index (χ0n) is 7.84. The second-order valence-electron chi connectivity index (χ2n) is 3.01. The molecule has 0 saturated carbocycles. The molecule has 84 valence electrons. The molecule has 0 amide bonds. The average Bonchev–Trinajstić information content (AvgIpc) is 2.73. The van der Waals surface area contributed by atoms with E-state index in [1.165, 1.54) is 21.8 Å². The molecule has 0 aliphatic heterocycles. The highest BCUT2D eigenvalue weighted by Crippen LogP contribution is 2.14. The maximum Gasteiger partial charge on any atom is 0.357 e. The van der Waals surface area contributed by atoms with Crippen LogP contribution < -0.4 is 0 Å². The molecule has 2 heterocycles. The molecule has 0 aliphatic carbocycles. The van der Waals surface area contributed by atoms with Gasteiger partial charge in [0.1, 0.15) is 6.67 Å². The molecule has 0 fully saturated rings. The fourth-order valence-electron chi connectivity index (χ4n) is 1.18. The largest absolute Gasteiger partial charge is 0.476 e. The lowest BCUT2D eigenvalue weighted by atomic mass is 10.4. The van der Waals surface area contributed by atoms with E-state index in [0.717, 1.165) is 0 Å². The SMILES string of the molecule is O=C(O)c1nn(Cn2cc(Cl)cn2)cc1Cl. The van der Waals surface area contributed by atoms with Crippen molar-refractivity contribution >= 4 is 29.2 Å². The van der Waals surface area contributed by atoms with Gasteiger partial charge in [-0.2, -0.15) is 10.2 Å². The monoisotopic (exact) mass is 260 g/mol. The van der Waals surface area contributed by atoms with Gasteiger partial charge in [-0.05, 0) is 0 Å². The summed E-state index contributed by atoms with van der Waals surface area (Å²) >= 11 is 11.4. The Balaban J connectivity index is 2.22. The van der Waals surface area contributed by atoms with E-state index in [1.54, 1.807) is 6.20 Å². The number of hydrogen-bond donors (Lipinski definition) is 1. The number of aromatic carboxylic acids is 1. The van der Waals surface area contributed by atoms with E-state index in [-0.39, 0.29) is 17.4 Å². The molecular weight excluding hydrogens is 255 g/mol. The molecule has 0 aromatic carbocycles. The highest BCUT2D eigenvalue weighted by molar-refractivity contribution is 6.33. The van der Waals surface area contributed by atoms with Crippen molar-refractivity contribution in [2.24, 2.45) is 0 Å². The van der Waals surface area contributed by atoms with Gasteiger partial charge in [0.2, 0.25) is 0 Å². The Morgan fingerprint density at radius 1 is 1.38 bits per heavy atom. The van der Waals surface area contributed by atoms with Gasteiger partial charge in [-0.15, -0.1) is 0 Å². The molecule has 0 unspecified atom stereocenters. The number of halogens is 2. The van der Waals surface area contributed by atoms with Crippen LogP contribution in [0.4, 0.5) is 0 Å². The van der Waals surface area contributed by atoms with Crippen molar-refractivity contribution in [3.63, 3.8) is 0 Å². The van der Waals surface area contributed by atoms with E-state index < -0.39 is 5.97 Å². The number of nitrogens with zero attached hydrogens (tertiary/aromatic N) is 4. The lowest BCUT2D eigenvalue weighted by molar-refractivity contribution is 0.0689. The van der Waals surface area contributed by atoms with Crippen LogP contribution in [0, 0.1) is 0 Å². The first-order valence-electron chi connectivity index (χ1n) is 4.20. The number of carbonyl (C=O) groups is 1. The summed E-state index contributed by atoms with van der Waals surface area (Å²) in [4.78, 5) is 10.7. The Labute approximate surface area is 100.0 Å². The Bertz CT molecular complexity index is 534. The standard InChI is InChI=1S/C8H6Cl2N4O2/c9-5-1-11-13(2-5)4-14-3-6(10)7(12-14)8(15)16/h1-3H,4H2,(H,15,16). The predicted octanol–water partition coefficient (Wildman–Crippen LogP) is 1.59. The number of carboxylic acids is 1. The maximum absolute atomic E-state index is 10.7. The Morgan fingerprint density at radius 2 is 2.12 bits per heavy atom. The molecule has 2 aromatic rings. The fraction of sp³-hybridized carbons (Fsp3) is 0.125. The normalized spacial score (nSPS) is 10.6. The lowest BCUT2D eigenvalue weighted by Gasteiger charge is -1.99. The number of aromatic nitrogens is 4. The van der Waals surface area contributed by atoms with Gasteiger partial charge in [0, 0.05) is 12.4 Å². The van der Waals surface area contributed by atoms with Gasteiger partial charge >= 0.3 is 5.97 Å². The smallest absolute Gasteiger partial charge is 0.357 e. The first-order chi connectivity index (χ1) is 7.56. The molecule has 0 spiro atoms. The minimum Gasteiger partial charge on any atom is -0.476 e. The quantitative estimate of drug-likeness (QED) is 0.910. The second kappa shape index (κ2) is 4.15. The van der Waals surface area contributed by atoms with E-state index in [9.17, 15) is 4.79 Å². The van der Waals surface area contributed by atoms with Crippen LogP contribution in [0.5, 0.6) is 0 Å². The van der Waals surface area contributed by atoms with E-state index >= 15 is 0 Å². The molecule has 0 aliphatic rings. The Morgan fingerprint density at radius 3 is 2.62 bits per heavy atom. The van der Waals surface area contributed by atoms with Crippen molar-refractivity contribution in [1.29, 1.82) is 0 Å². The molecule has 1 N–H and O–H groups in total. The Hall–Kier alpha value is -1.53. The summed E-state index contributed by atoms with van der Waals surface area (Å²) in [5.41, 5.74) is -0.181. The minimum absolute atomic E-state index is 0.0887. The summed E-state index contributed by atoms with van der Waals surface area (Å²) < 4.78 is 2.88. The number of carboxylic acid groups (broad SMARTS) is 1. The van der Waals surface area contributed by atoms with E-state index in [4.69, 9.17) is 28.3 Å². The predicted molar refractivity (Wildman–Crippen MR) is 56.8 cm³/mol. The van der Waals surface area contributed by atoms with Gasteiger partial charge in [-0.25, -0.2) is 14.2 Å². The third-order valence-electron chi connectivity index (χ3n) is 1.81. The third-order valence-corrected chi connectivity index (χ3v) is 2.28. The van der Waals surface area contributed by atoms with E-state index in [0.29, 0.717) is 5.02 Å². The maximum atomic E-state index is 10.7. The van der Waals surface area contributed by atoms with E-state index in [1.807, 2.05) is 0 Å². The summed E-state index contributed by atoms with van der Waals surface area (Å²) in [6, 6.07) is 0. The minimum atomic E-state index is -1.16. The average molecular weight is 261 g/mol. The van der Waals surface area contributed by atoms with Crippen molar-refractivity contribution < 1.29 is 9.90 Å². The first-order valence-corrected chi connectivity index (χ1v) is 4.96. The molecule has 0 saturated heterocycles. The van der Waals surface area contributed by atoms with Gasteiger partial charge in [0.15, 0.2) is 5.69 Å². The van der Waals surface area contributed by atoms with E-state index in [2.05, 4.69) is 10.2 Å². The van der Waals surface area contributed by atoms with Gasteiger partial charge in [-0.1, -0.05) is 23.2 Å². The summed E-state index contributed by atoms with van der Waals surface area (Å²) in [6.07, 6.45) is 4.49. The molecule has 8 heteroatoms. The molecular formula is C8H6Cl2N4O2. The first kappa shape index (κ1) is 11.0. The highest BCUT2D eigenvalue weighted by atomic mass is 35.5. The fourth-order valence-corrected chi connectivity index (χ4v) is 1.57. The summed E-state index contributed by atoms with van der Waals surface area (Å²) in [5, 5.41) is 17.1. The van der Waals surface area contributed by atoms with Crippen LogP contribution in [-0.4, -0.2) is 30.6 Å². The molecule has 0 radical (unpaired) electrons.